The summed E-state index contributed by atoms with van der Waals surface area (Å²) in [7, 11) is 0. The first kappa shape index (κ1) is 17.4. The molecular weight excluding hydrogens is 320 g/mol. The Kier molecular flexibility index (Phi) is 5.03. The van der Waals surface area contributed by atoms with E-state index in [2.05, 4.69) is 22.5 Å². The summed E-state index contributed by atoms with van der Waals surface area (Å²) in [6.07, 6.45) is 2.28. The van der Waals surface area contributed by atoms with Gasteiger partial charge in [-0.1, -0.05) is 19.1 Å². The van der Waals surface area contributed by atoms with Crippen LogP contribution in [-0.4, -0.2) is 35.1 Å². The highest BCUT2D eigenvalue weighted by molar-refractivity contribution is 5.78. The number of rotatable bonds is 5. The topological polar surface area (TPSA) is 96.0 Å². The normalized spacial score (nSPS) is 16.7. The zero-order valence-electron chi connectivity index (χ0n) is 14.4. The zero-order valence-corrected chi connectivity index (χ0v) is 14.4. The number of aryl methyl sites for hydroxylation is 1. The van der Waals surface area contributed by atoms with Gasteiger partial charge in [0.2, 0.25) is 5.91 Å². The summed E-state index contributed by atoms with van der Waals surface area (Å²) in [4.78, 5) is 38.5. The number of aromatic nitrogens is 2. The Balaban J connectivity index is 1.65. The highest BCUT2D eigenvalue weighted by Gasteiger charge is 2.26. The van der Waals surface area contributed by atoms with E-state index < -0.39 is 11.2 Å². The smallest absolute Gasteiger partial charge is 0.328 e. The number of nitrogens with zero attached hydrogens (tertiary/aromatic N) is 1. The molecule has 1 fully saturated rings. The molecule has 1 aromatic carbocycles. The summed E-state index contributed by atoms with van der Waals surface area (Å²) in [5.74, 6) is -0.0815. The summed E-state index contributed by atoms with van der Waals surface area (Å²) < 4.78 is 1.45. The third kappa shape index (κ3) is 3.99. The van der Waals surface area contributed by atoms with Crippen LogP contribution in [0, 0.1) is 5.41 Å². The van der Waals surface area contributed by atoms with Crippen LogP contribution in [0.25, 0.3) is 10.9 Å². The van der Waals surface area contributed by atoms with Crippen molar-refractivity contribution in [3.63, 3.8) is 0 Å². The van der Waals surface area contributed by atoms with E-state index in [1.165, 1.54) is 4.57 Å². The summed E-state index contributed by atoms with van der Waals surface area (Å²) in [5, 5.41) is 6.76. The van der Waals surface area contributed by atoms with Crippen LogP contribution in [-0.2, 0) is 11.3 Å². The van der Waals surface area contributed by atoms with E-state index in [0.29, 0.717) is 17.4 Å². The number of piperidine rings is 1. The van der Waals surface area contributed by atoms with Crippen molar-refractivity contribution in [2.24, 2.45) is 5.41 Å². The summed E-state index contributed by atoms with van der Waals surface area (Å²) in [5.41, 5.74) is -0.209. The van der Waals surface area contributed by atoms with E-state index in [4.69, 9.17) is 0 Å². The van der Waals surface area contributed by atoms with Crippen LogP contribution in [0.5, 0.6) is 0 Å². The van der Waals surface area contributed by atoms with Crippen molar-refractivity contribution in [1.82, 2.24) is 20.2 Å². The van der Waals surface area contributed by atoms with Crippen molar-refractivity contribution in [3.05, 3.63) is 45.1 Å². The molecule has 1 aliphatic heterocycles. The average Bonchev–Trinajstić information content (AvgIpc) is 2.60. The minimum atomic E-state index is -0.484. The molecule has 1 saturated heterocycles. The van der Waals surface area contributed by atoms with Gasteiger partial charge in [-0.2, -0.15) is 0 Å². The molecule has 0 spiro atoms. The number of nitrogens with one attached hydrogen (secondary N) is 3. The molecular formula is C18H24N4O3. The number of carbonyl (C=O) groups excluding carboxylic acids is 1. The van der Waals surface area contributed by atoms with E-state index >= 15 is 0 Å². The van der Waals surface area contributed by atoms with Gasteiger partial charge in [-0.05, 0) is 43.5 Å². The van der Waals surface area contributed by atoms with Crippen LogP contribution in [0.2, 0.25) is 0 Å². The van der Waals surface area contributed by atoms with Crippen LogP contribution < -0.4 is 21.9 Å². The van der Waals surface area contributed by atoms with E-state index in [1.807, 2.05) is 0 Å². The standard InChI is InChI=1S/C18H24N4O3/c1-18(7-9-19-10-8-18)12-20-15(23)6-11-22-14-5-3-2-4-13(14)16(24)21-17(22)25/h2-5,19H,6-12H2,1H3,(H,20,23)(H,21,24,25). The monoisotopic (exact) mass is 344 g/mol. The molecule has 134 valence electrons. The Morgan fingerprint density at radius 1 is 1.24 bits per heavy atom. The fraction of sp³-hybridized carbons (Fsp3) is 0.500. The van der Waals surface area contributed by atoms with E-state index in [-0.39, 0.29) is 24.3 Å². The van der Waals surface area contributed by atoms with Gasteiger partial charge >= 0.3 is 5.69 Å². The van der Waals surface area contributed by atoms with Crippen LogP contribution in [0.4, 0.5) is 0 Å². The summed E-state index contributed by atoms with van der Waals surface area (Å²) in [6, 6.07) is 6.91. The molecule has 0 unspecified atom stereocenters. The molecule has 0 atom stereocenters. The molecule has 1 aromatic heterocycles. The van der Waals surface area contributed by atoms with Gasteiger partial charge in [0.15, 0.2) is 0 Å². The van der Waals surface area contributed by atoms with Crippen molar-refractivity contribution < 1.29 is 4.79 Å². The average molecular weight is 344 g/mol. The van der Waals surface area contributed by atoms with Gasteiger partial charge in [0.05, 0.1) is 10.9 Å². The molecule has 3 rings (SSSR count). The molecule has 0 aliphatic carbocycles. The second-order valence-corrected chi connectivity index (χ2v) is 7.02. The second-order valence-electron chi connectivity index (χ2n) is 7.02. The first-order valence-corrected chi connectivity index (χ1v) is 8.68. The van der Waals surface area contributed by atoms with Gasteiger partial charge in [0, 0.05) is 19.5 Å². The summed E-state index contributed by atoms with van der Waals surface area (Å²) >= 11 is 0. The van der Waals surface area contributed by atoms with E-state index in [1.54, 1.807) is 24.3 Å². The van der Waals surface area contributed by atoms with Gasteiger partial charge in [-0.25, -0.2) is 4.79 Å². The molecule has 7 heteroatoms. The van der Waals surface area contributed by atoms with Gasteiger partial charge in [0.25, 0.3) is 5.56 Å². The van der Waals surface area contributed by atoms with Crippen molar-refractivity contribution in [2.45, 2.75) is 32.7 Å². The van der Waals surface area contributed by atoms with E-state index in [0.717, 1.165) is 25.9 Å². The molecule has 1 amide bonds. The van der Waals surface area contributed by atoms with Crippen molar-refractivity contribution in [1.29, 1.82) is 0 Å². The Morgan fingerprint density at radius 2 is 1.96 bits per heavy atom. The fourth-order valence-electron chi connectivity index (χ4n) is 3.29. The van der Waals surface area contributed by atoms with Crippen LogP contribution >= 0.6 is 0 Å². The summed E-state index contributed by atoms with van der Waals surface area (Å²) in [6.45, 7) is 5.03. The molecule has 3 N–H and O–H groups in total. The predicted octanol–water partition coefficient (Wildman–Crippen LogP) is 0.586. The molecule has 25 heavy (non-hydrogen) atoms. The Bertz CT molecular complexity index is 878. The van der Waals surface area contributed by atoms with Gasteiger partial charge < -0.3 is 10.6 Å². The Labute approximate surface area is 145 Å². The Morgan fingerprint density at radius 3 is 2.72 bits per heavy atom. The van der Waals surface area contributed by atoms with Gasteiger partial charge in [0.1, 0.15) is 0 Å². The second kappa shape index (κ2) is 7.23. The van der Waals surface area contributed by atoms with Crippen molar-refractivity contribution in [2.75, 3.05) is 19.6 Å². The first-order valence-electron chi connectivity index (χ1n) is 8.68. The number of para-hydroxylation sites is 1. The highest BCUT2D eigenvalue weighted by Crippen LogP contribution is 2.26. The van der Waals surface area contributed by atoms with E-state index in [9.17, 15) is 14.4 Å². The van der Waals surface area contributed by atoms with Crippen molar-refractivity contribution >= 4 is 16.8 Å². The number of hydrogen-bond acceptors (Lipinski definition) is 4. The molecule has 0 radical (unpaired) electrons. The lowest BCUT2D eigenvalue weighted by atomic mass is 9.81. The lowest BCUT2D eigenvalue weighted by molar-refractivity contribution is -0.121. The molecule has 0 saturated carbocycles. The Hall–Kier alpha value is -2.41. The predicted molar refractivity (Wildman–Crippen MR) is 96.7 cm³/mol. The number of fused-ring (bicyclic) bond motifs is 1. The maximum atomic E-state index is 12.2. The highest BCUT2D eigenvalue weighted by atomic mass is 16.2. The third-order valence-electron chi connectivity index (χ3n) is 4.99. The largest absolute Gasteiger partial charge is 0.355 e. The number of aromatic amines is 1. The molecule has 2 heterocycles. The lowest BCUT2D eigenvalue weighted by Gasteiger charge is -2.34. The first-order chi connectivity index (χ1) is 12.0. The number of amides is 1. The molecule has 2 aromatic rings. The number of H-pyrrole nitrogens is 1. The number of hydrogen-bond donors (Lipinski definition) is 3. The number of carbonyl (C=O) groups is 1. The molecule has 1 aliphatic rings. The minimum Gasteiger partial charge on any atom is -0.355 e. The maximum absolute atomic E-state index is 12.2. The molecule has 7 nitrogen and oxygen atoms in total. The molecule has 0 bridgehead atoms. The van der Waals surface area contributed by atoms with Gasteiger partial charge in [-0.15, -0.1) is 0 Å². The minimum absolute atomic E-state index is 0.0815. The maximum Gasteiger partial charge on any atom is 0.328 e. The lowest BCUT2D eigenvalue weighted by Crippen LogP contribution is -2.43. The van der Waals surface area contributed by atoms with Crippen LogP contribution in [0.15, 0.2) is 33.9 Å². The fourth-order valence-corrected chi connectivity index (χ4v) is 3.29. The van der Waals surface area contributed by atoms with Crippen LogP contribution in [0.3, 0.4) is 0 Å². The quantitative estimate of drug-likeness (QED) is 0.739. The van der Waals surface area contributed by atoms with Gasteiger partial charge in [-0.3, -0.25) is 19.1 Å². The SMILES string of the molecule is CC1(CNC(=O)CCn2c(=O)[nH]c(=O)c3ccccc32)CCNCC1. The third-order valence-corrected chi connectivity index (χ3v) is 4.99. The van der Waals surface area contributed by atoms with Crippen molar-refractivity contribution in [3.8, 4) is 0 Å². The van der Waals surface area contributed by atoms with Crippen LogP contribution in [0.1, 0.15) is 26.2 Å². The number of benzene rings is 1. The zero-order chi connectivity index (χ0) is 17.9.